The maximum absolute atomic E-state index is 4.05. The lowest BCUT2D eigenvalue weighted by Crippen LogP contribution is -2.00. The summed E-state index contributed by atoms with van der Waals surface area (Å²) < 4.78 is 0. The van der Waals surface area contributed by atoms with Crippen LogP contribution in [0, 0.1) is 18.8 Å². The molecule has 0 bridgehead atoms. The third-order valence-electron chi connectivity index (χ3n) is 3.09. The molecule has 1 aliphatic carbocycles. The fourth-order valence-electron chi connectivity index (χ4n) is 2.02. The molecule has 71 valence electrons. The van der Waals surface area contributed by atoms with Gasteiger partial charge in [0, 0.05) is 0 Å². The van der Waals surface area contributed by atoms with Crippen LogP contribution in [0.5, 0.6) is 0 Å². The molecule has 1 radical (unpaired) electrons. The summed E-state index contributed by atoms with van der Waals surface area (Å²) in [5.41, 5.74) is 0. The fourth-order valence-corrected chi connectivity index (χ4v) is 2.02. The lowest BCUT2D eigenvalue weighted by atomic mass is 9.94. The van der Waals surface area contributed by atoms with Crippen molar-refractivity contribution >= 4 is 0 Å². The van der Waals surface area contributed by atoms with Gasteiger partial charge in [-0.15, -0.1) is 0 Å². The second-order valence-electron chi connectivity index (χ2n) is 4.24. The Hall–Kier alpha value is 0. The molecule has 0 heteroatoms. The zero-order valence-electron chi connectivity index (χ0n) is 8.52. The molecule has 1 rings (SSSR count). The molecular formula is C12H23. The van der Waals surface area contributed by atoms with Gasteiger partial charge in [0.25, 0.3) is 0 Å². The van der Waals surface area contributed by atoms with E-state index in [-0.39, 0.29) is 0 Å². The molecule has 1 fully saturated rings. The predicted molar refractivity (Wildman–Crippen MR) is 54.9 cm³/mol. The normalized spacial score (nSPS) is 19.5. The van der Waals surface area contributed by atoms with Gasteiger partial charge in [-0.05, 0) is 24.7 Å². The molecule has 1 aliphatic rings. The third-order valence-corrected chi connectivity index (χ3v) is 3.09. The SMILES string of the molecule is [CH2]CC(CCCCCC)C1CC1. The van der Waals surface area contributed by atoms with Crippen molar-refractivity contribution in [3.8, 4) is 0 Å². The number of hydrogen-bond donors (Lipinski definition) is 0. The lowest BCUT2D eigenvalue weighted by molar-refractivity contribution is 0.409. The van der Waals surface area contributed by atoms with Crippen LogP contribution in [0.4, 0.5) is 0 Å². The Morgan fingerprint density at radius 1 is 1.25 bits per heavy atom. The molecule has 0 saturated heterocycles. The van der Waals surface area contributed by atoms with Gasteiger partial charge >= 0.3 is 0 Å². The average molecular weight is 167 g/mol. The van der Waals surface area contributed by atoms with E-state index in [0.717, 1.165) is 11.8 Å². The first-order valence-corrected chi connectivity index (χ1v) is 5.67. The summed E-state index contributed by atoms with van der Waals surface area (Å²) in [5, 5.41) is 0. The van der Waals surface area contributed by atoms with Gasteiger partial charge in [-0.25, -0.2) is 0 Å². The summed E-state index contributed by atoms with van der Waals surface area (Å²) >= 11 is 0. The van der Waals surface area contributed by atoms with E-state index in [9.17, 15) is 0 Å². The standard InChI is InChI=1S/C12H23/c1-3-5-6-7-8-11(4-2)12-9-10-12/h11-12H,2-10H2,1H3. The monoisotopic (exact) mass is 167 g/mol. The van der Waals surface area contributed by atoms with Gasteiger partial charge in [0.15, 0.2) is 0 Å². The Labute approximate surface area is 77.7 Å². The topological polar surface area (TPSA) is 0 Å². The Kier molecular flexibility index (Phi) is 4.72. The second-order valence-corrected chi connectivity index (χ2v) is 4.24. The smallest absolute Gasteiger partial charge is 0.0386 e. The molecule has 0 aliphatic heterocycles. The maximum atomic E-state index is 4.05. The van der Waals surface area contributed by atoms with E-state index < -0.39 is 0 Å². The van der Waals surface area contributed by atoms with Gasteiger partial charge in [-0.2, -0.15) is 0 Å². The van der Waals surface area contributed by atoms with E-state index >= 15 is 0 Å². The van der Waals surface area contributed by atoms with Crippen molar-refractivity contribution in [3.63, 3.8) is 0 Å². The van der Waals surface area contributed by atoms with Crippen LogP contribution in [0.25, 0.3) is 0 Å². The minimum absolute atomic E-state index is 0.974. The van der Waals surface area contributed by atoms with Gasteiger partial charge in [-0.3, -0.25) is 0 Å². The largest absolute Gasteiger partial charge is 0.0654 e. The van der Waals surface area contributed by atoms with Crippen molar-refractivity contribution in [1.82, 2.24) is 0 Å². The van der Waals surface area contributed by atoms with E-state index in [0.29, 0.717) is 0 Å². The average Bonchev–Trinajstić information content (AvgIpc) is 2.88. The fraction of sp³-hybridized carbons (Fsp3) is 0.917. The van der Waals surface area contributed by atoms with Crippen LogP contribution in [0.15, 0.2) is 0 Å². The Morgan fingerprint density at radius 3 is 2.50 bits per heavy atom. The molecule has 0 heterocycles. The van der Waals surface area contributed by atoms with Gasteiger partial charge in [0.2, 0.25) is 0 Å². The molecule has 1 unspecified atom stereocenters. The zero-order chi connectivity index (χ0) is 8.81. The molecule has 0 N–H and O–H groups in total. The highest BCUT2D eigenvalue weighted by molar-refractivity contribution is 4.81. The minimum atomic E-state index is 0.974. The maximum Gasteiger partial charge on any atom is -0.0386 e. The molecule has 0 spiro atoms. The molecule has 0 aromatic heterocycles. The summed E-state index contributed by atoms with van der Waals surface area (Å²) in [7, 11) is 0. The first-order valence-electron chi connectivity index (χ1n) is 5.67. The Balaban J connectivity index is 1.95. The molecule has 12 heavy (non-hydrogen) atoms. The van der Waals surface area contributed by atoms with E-state index in [4.69, 9.17) is 0 Å². The summed E-state index contributed by atoms with van der Waals surface area (Å²) in [6.07, 6.45) is 11.3. The molecular weight excluding hydrogens is 144 g/mol. The van der Waals surface area contributed by atoms with Crippen molar-refractivity contribution in [1.29, 1.82) is 0 Å². The highest BCUT2D eigenvalue weighted by atomic mass is 14.3. The van der Waals surface area contributed by atoms with Crippen LogP contribution in [-0.2, 0) is 0 Å². The van der Waals surface area contributed by atoms with Crippen molar-refractivity contribution in [2.75, 3.05) is 0 Å². The van der Waals surface area contributed by atoms with Crippen molar-refractivity contribution in [2.24, 2.45) is 11.8 Å². The first kappa shape index (κ1) is 10.1. The van der Waals surface area contributed by atoms with E-state index in [2.05, 4.69) is 13.8 Å². The lowest BCUT2D eigenvalue weighted by Gasteiger charge is -2.12. The third kappa shape index (κ3) is 3.60. The number of hydrogen-bond acceptors (Lipinski definition) is 0. The molecule has 0 nitrogen and oxygen atoms in total. The van der Waals surface area contributed by atoms with Crippen molar-refractivity contribution in [3.05, 3.63) is 6.92 Å². The van der Waals surface area contributed by atoms with Crippen LogP contribution in [0.2, 0.25) is 0 Å². The van der Waals surface area contributed by atoms with Gasteiger partial charge < -0.3 is 0 Å². The summed E-state index contributed by atoms with van der Waals surface area (Å²) in [6.45, 7) is 6.32. The quantitative estimate of drug-likeness (QED) is 0.498. The molecule has 0 aromatic carbocycles. The Bertz CT molecular complexity index is 103. The minimum Gasteiger partial charge on any atom is -0.0654 e. The van der Waals surface area contributed by atoms with Crippen LogP contribution in [-0.4, -0.2) is 0 Å². The van der Waals surface area contributed by atoms with Crippen LogP contribution >= 0.6 is 0 Å². The summed E-state index contributed by atoms with van der Waals surface area (Å²) in [5.74, 6) is 2.05. The molecule has 1 atom stereocenters. The Morgan fingerprint density at radius 2 is 2.00 bits per heavy atom. The van der Waals surface area contributed by atoms with Crippen LogP contribution in [0.1, 0.15) is 58.3 Å². The molecule has 1 saturated carbocycles. The zero-order valence-corrected chi connectivity index (χ0v) is 8.52. The van der Waals surface area contributed by atoms with E-state index in [1.165, 1.54) is 51.4 Å². The summed E-state index contributed by atoms with van der Waals surface area (Å²) in [6, 6.07) is 0. The van der Waals surface area contributed by atoms with E-state index in [1.54, 1.807) is 0 Å². The molecule has 0 amide bonds. The van der Waals surface area contributed by atoms with Gasteiger partial charge in [-0.1, -0.05) is 52.4 Å². The van der Waals surface area contributed by atoms with Crippen LogP contribution in [0.3, 0.4) is 0 Å². The molecule has 0 aromatic rings. The second kappa shape index (κ2) is 5.61. The highest BCUT2D eigenvalue weighted by Gasteiger charge is 2.28. The van der Waals surface area contributed by atoms with Crippen molar-refractivity contribution in [2.45, 2.75) is 58.3 Å². The summed E-state index contributed by atoms with van der Waals surface area (Å²) in [4.78, 5) is 0. The van der Waals surface area contributed by atoms with Crippen molar-refractivity contribution < 1.29 is 0 Å². The van der Waals surface area contributed by atoms with Crippen LogP contribution < -0.4 is 0 Å². The van der Waals surface area contributed by atoms with Gasteiger partial charge in [0.1, 0.15) is 0 Å². The van der Waals surface area contributed by atoms with E-state index in [1.807, 2.05) is 0 Å². The van der Waals surface area contributed by atoms with Gasteiger partial charge in [0.05, 0.1) is 0 Å². The first-order chi connectivity index (χ1) is 5.88. The predicted octanol–water partition coefficient (Wildman–Crippen LogP) is 4.21. The number of unbranched alkanes of at least 4 members (excludes halogenated alkanes) is 3. The number of rotatable bonds is 7. The highest BCUT2D eigenvalue weighted by Crippen LogP contribution is 2.40.